The van der Waals surface area contributed by atoms with Crippen molar-refractivity contribution in [1.29, 1.82) is 0 Å². The molecule has 0 spiro atoms. The third kappa shape index (κ3) is 10.9. The third-order valence-corrected chi connectivity index (χ3v) is 3.75. The van der Waals surface area contributed by atoms with Crippen LogP contribution in [0.1, 0.15) is 25.7 Å². The van der Waals surface area contributed by atoms with Gasteiger partial charge in [0.1, 0.15) is 12.1 Å². The van der Waals surface area contributed by atoms with E-state index in [0.717, 1.165) is 0 Å². The number of nitrogens with two attached hydrogens (primary N) is 3. The Kier molecular flexibility index (Phi) is 11.6. The highest BCUT2D eigenvalue weighted by Gasteiger charge is 2.27. The fraction of sp³-hybridized carbons (Fsp3) is 0.643. The predicted molar refractivity (Wildman–Crippen MR) is 100 cm³/mol. The number of aliphatic imine (C=N–C) groups is 1. The van der Waals surface area contributed by atoms with Crippen molar-refractivity contribution in [2.45, 2.75) is 43.8 Å². The summed E-state index contributed by atoms with van der Waals surface area (Å²) in [6, 6.07) is -3.50. The van der Waals surface area contributed by atoms with E-state index in [2.05, 4.69) is 28.3 Å². The van der Waals surface area contributed by atoms with Crippen LogP contribution in [0.15, 0.2) is 4.99 Å². The highest BCUT2D eigenvalue weighted by Crippen LogP contribution is 2.03. The van der Waals surface area contributed by atoms with Gasteiger partial charge < -0.3 is 38.0 Å². The Bertz CT molecular complexity index is 568. The molecule has 0 radical (unpaired) electrons. The number of hydrogen-bond acceptors (Lipinski definition) is 7. The number of carboxylic acids is 2. The van der Waals surface area contributed by atoms with E-state index < -0.39 is 48.3 Å². The number of carboxylic acid groups (broad SMARTS) is 2. The predicted octanol–water partition coefficient (Wildman–Crippen LogP) is -2.78. The van der Waals surface area contributed by atoms with Gasteiger partial charge in [-0.1, -0.05) is 0 Å². The minimum Gasteiger partial charge on any atom is -0.481 e. The van der Waals surface area contributed by atoms with Crippen LogP contribution in [0.3, 0.4) is 0 Å². The number of nitrogens with one attached hydrogen (secondary N) is 2. The van der Waals surface area contributed by atoms with Crippen LogP contribution in [-0.4, -0.2) is 70.3 Å². The van der Waals surface area contributed by atoms with E-state index in [0.29, 0.717) is 6.42 Å². The second-order valence-corrected chi connectivity index (χ2v) is 6.00. The van der Waals surface area contributed by atoms with Crippen LogP contribution >= 0.6 is 12.6 Å². The first-order valence-electron chi connectivity index (χ1n) is 8.05. The van der Waals surface area contributed by atoms with Gasteiger partial charge in [0.05, 0.1) is 6.04 Å². The van der Waals surface area contributed by atoms with Gasteiger partial charge in [-0.15, -0.1) is 0 Å². The minimum absolute atomic E-state index is 0.0874. The van der Waals surface area contributed by atoms with E-state index in [4.69, 9.17) is 27.4 Å². The van der Waals surface area contributed by atoms with Crippen molar-refractivity contribution in [3.8, 4) is 0 Å². The number of amides is 2. The zero-order valence-electron chi connectivity index (χ0n) is 14.6. The molecule has 0 aliphatic rings. The molecule has 0 unspecified atom stereocenters. The summed E-state index contributed by atoms with van der Waals surface area (Å²) in [5.41, 5.74) is 16.1. The molecule has 0 heterocycles. The van der Waals surface area contributed by atoms with Crippen molar-refractivity contribution in [1.82, 2.24) is 10.6 Å². The molecule has 0 aromatic rings. The molecule has 154 valence electrons. The zero-order chi connectivity index (χ0) is 21.0. The summed E-state index contributed by atoms with van der Waals surface area (Å²) in [4.78, 5) is 49.8. The molecule has 12 nitrogen and oxygen atoms in total. The Morgan fingerprint density at radius 3 is 2.07 bits per heavy atom. The van der Waals surface area contributed by atoms with Gasteiger partial charge in [-0.05, 0) is 19.3 Å². The molecule has 0 bridgehead atoms. The molecular formula is C14H26N6O6S. The Morgan fingerprint density at radius 1 is 1.00 bits per heavy atom. The molecule has 2 amide bonds. The lowest BCUT2D eigenvalue weighted by molar-refractivity contribution is -0.142. The molecule has 27 heavy (non-hydrogen) atoms. The second kappa shape index (κ2) is 12.8. The number of rotatable bonds is 13. The van der Waals surface area contributed by atoms with Gasteiger partial charge in [0.25, 0.3) is 0 Å². The Labute approximate surface area is 161 Å². The van der Waals surface area contributed by atoms with Crippen LogP contribution < -0.4 is 27.8 Å². The number of aliphatic carboxylic acids is 2. The lowest BCUT2D eigenvalue weighted by atomic mass is 10.1. The normalized spacial score (nSPS) is 13.7. The van der Waals surface area contributed by atoms with Gasteiger partial charge in [0.2, 0.25) is 11.8 Å². The van der Waals surface area contributed by atoms with Gasteiger partial charge in [-0.2, -0.15) is 12.6 Å². The lowest BCUT2D eigenvalue weighted by Gasteiger charge is -2.22. The summed E-state index contributed by atoms with van der Waals surface area (Å²) in [6.07, 6.45) is 0.00668. The van der Waals surface area contributed by atoms with Gasteiger partial charge >= 0.3 is 11.9 Å². The molecule has 0 saturated carbocycles. The molecule has 13 heteroatoms. The van der Waals surface area contributed by atoms with Gasteiger partial charge in [0.15, 0.2) is 5.96 Å². The van der Waals surface area contributed by atoms with E-state index >= 15 is 0 Å². The van der Waals surface area contributed by atoms with Crippen LogP contribution in [0.25, 0.3) is 0 Å². The molecule has 0 rings (SSSR count). The van der Waals surface area contributed by atoms with Gasteiger partial charge in [-0.3, -0.25) is 19.4 Å². The maximum absolute atomic E-state index is 12.2. The number of carbonyl (C=O) groups is 4. The molecular weight excluding hydrogens is 380 g/mol. The number of nitrogens with zero attached hydrogens (tertiary/aromatic N) is 1. The Hall–Kier alpha value is -2.54. The molecule has 3 atom stereocenters. The first-order chi connectivity index (χ1) is 12.6. The molecule has 0 aromatic heterocycles. The number of carbonyl (C=O) groups excluding carboxylic acids is 2. The standard InChI is InChI=1S/C14H26N6O6S/c15-7(2-1-5-18-14(16)17)11(23)19-8(3-4-10(21)22)12(24)20-9(6-27)13(25)26/h7-9,27H,1-6,15H2,(H,19,23)(H,20,24)(H,21,22)(H,25,26)(H4,16,17,18)/t7-,8-,9-/m0/s1. The second-order valence-electron chi connectivity index (χ2n) is 5.63. The fourth-order valence-corrected chi connectivity index (χ4v) is 2.17. The minimum atomic E-state index is -1.31. The number of guanidine groups is 1. The largest absolute Gasteiger partial charge is 0.481 e. The van der Waals surface area contributed by atoms with Crippen molar-refractivity contribution in [2.24, 2.45) is 22.2 Å². The fourth-order valence-electron chi connectivity index (χ4n) is 1.92. The molecule has 0 aromatic carbocycles. The summed E-state index contributed by atoms with van der Waals surface area (Å²) in [7, 11) is 0. The Balaban J connectivity index is 4.84. The first kappa shape index (κ1) is 24.5. The van der Waals surface area contributed by atoms with E-state index in [1.54, 1.807) is 0 Å². The quantitative estimate of drug-likeness (QED) is 0.0684. The molecule has 10 N–H and O–H groups in total. The van der Waals surface area contributed by atoms with Crippen LogP contribution in [0.2, 0.25) is 0 Å². The zero-order valence-corrected chi connectivity index (χ0v) is 15.5. The summed E-state index contributed by atoms with van der Waals surface area (Å²) >= 11 is 3.82. The average molecular weight is 406 g/mol. The van der Waals surface area contributed by atoms with Crippen molar-refractivity contribution in [3.05, 3.63) is 0 Å². The molecule has 0 saturated heterocycles. The summed E-state index contributed by atoms with van der Waals surface area (Å²) in [6.45, 7) is 0.272. The van der Waals surface area contributed by atoms with Crippen molar-refractivity contribution in [2.75, 3.05) is 12.3 Å². The highest BCUT2D eigenvalue weighted by atomic mass is 32.1. The smallest absolute Gasteiger partial charge is 0.327 e. The third-order valence-electron chi connectivity index (χ3n) is 3.38. The van der Waals surface area contributed by atoms with Crippen LogP contribution in [0.4, 0.5) is 0 Å². The number of hydrogen-bond donors (Lipinski definition) is 8. The van der Waals surface area contributed by atoms with Crippen LogP contribution in [0.5, 0.6) is 0 Å². The average Bonchev–Trinajstić information content (AvgIpc) is 2.58. The van der Waals surface area contributed by atoms with E-state index in [1.165, 1.54) is 0 Å². The van der Waals surface area contributed by atoms with Crippen molar-refractivity contribution in [3.63, 3.8) is 0 Å². The van der Waals surface area contributed by atoms with E-state index in [-0.39, 0.29) is 31.1 Å². The van der Waals surface area contributed by atoms with Crippen molar-refractivity contribution < 1.29 is 29.4 Å². The number of thiol groups is 1. The maximum Gasteiger partial charge on any atom is 0.327 e. The molecule has 0 fully saturated rings. The van der Waals surface area contributed by atoms with Crippen LogP contribution in [0, 0.1) is 0 Å². The van der Waals surface area contributed by atoms with Crippen molar-refractivity contribution >= 4 is 42.3 Å². The maximum atomic E-state index is 12.2. The summed E-state index contributed by atoms with van der Waals surface area (Å²) in [5.74, 6) is -4.26. The molecule has 0 aliphatic heterocycles. The molecule has 0 aliphatic carbocycles. The van der Waals surface area contributed by atoms with E-state index in [9.17, 15) is 19.2 Å². The monoisotopic (exact) mass is 406 g/mol. The SMILES string of the molecule is NC(N)=NCCC[C@H](N)C(=O)N[C@@H](CCC(=O)O)C(=O)N[C@@H](CS)C(=O)O. The summed E-state index contributed by atoms with van der Waals surface area (Å²) in [5, 5.41) is 22.3. The highest BCUT2D eigenvalue weighted by molar-refractivity contribution is 7.80. The van der Waals surface area contributed by atoms with Gasteiger partial charge in [0, 0.05) is 18.7 Å². The first-order valence-corrected chi connectivity index (χ1v) is 8.68. The van der Waals surface area contributed by atoms with E-state index in [1.807, 2.05) is 0 Å². The topological polar surface area (TPSA) is 223 Å². The summed E-state index contributed by atoms with van der Waals surface area (Å²) < 4.78 is 0. The van der Waals surface area contributed by atoms with Gasteiger partial charge in [-0.25, -0.2) is 4.79 Å². The van der Waals surface area contributed by atoms with Crippen LogP contribution in [-0.2, 0) is 19.2 Å². The lowest BCUT2D eigenvalue weighted by Crippen LogP contribution is -2.55. The Morgan fingerprint density at radius 2 is 1.59 bits per heavy atom.